The summed E-state index contributed by atoms with van der Waals surface area (Å²) in [6.45, 7) is 9.28. The predicted molar refractivity (Wildman–Crippen MR) is 149 cm³/mol. The highest BCUT2D eigenvalue weighted by Crippen LogP contribution is 2.44. The Bertz CT molecular complexity index is 1370. The molecule has 4 heterocycles. The Labute approximate surface area is 242 Å². The van der Waals surface area contributed by atoms with Crippen LogP contribution in [0.1, 0.15) is 53.8 Å². The zero-order valence-corrected chi connectivity index (χ0v) is 24.0. The number of amides is 1. The summed E-state index contributed by atoms with van der Waals surface area (Å²) in [4.78, 5) is 27.5. The molecule has 0 radical (unpaired) electrons. The number of nitrogen functional groups attached to an aromatic ring is 1. The first-order chi connectivity index (χ1) is 19.9. The van der Waals surface area contributed by atoms with Crippen LogP contribution in [0.3, 0.4) is 0 Å². The van der Waals surface area contributed by atoms with Crippen molar-refractivity contribution in [2.24, 2.45) is 0 Å². The van der Waals surface area contributed by atoms with Crippen molar-refractivity contribution in [1.82, 2.24) is 19.8 Å². The van der Waals surface area contributed by atoms with Crippen LogP contribution in [0, 0.1) is 12.7 Å². The van der Waals surface area contributed by atoms with Gasteiger partial charge in [-0.15, -0.1) is 0 Å². The third-order valence-electron chi connectivity index (χ3n) is 8.45. The van der Waals surface area contributed by atoms with Gasteiger partial charge in [0.2, 0.25) is 5.91 Å². The van der Waals surface area contributed by atoms with E-state index in [0.717, 1.165) is 25.5 Å². The lowest BCUT2D eigenvalue weighted by atomic mass is 9.91. The quantitative estimate of drug-likeness (QED) is 0.305. The standard InChI is InChI=1S/C29H36F4N6O3/c1-5-23(40)39-10-9-38(13-17(39)3)27-19-15-41-22(24-25(29(31,32)33)16(2)11-20(34)26(24)30)12-21(19)35-28(36-27)42-14-18-7-6-8-37(18)4/h5,11,17-18,22H,1,6-10,12-15,34H2,2-4H3/t17-,18+,22-/m1/s1. The number of benzene rings is 1. The second-order valence-corrected chi connectivity index (χ2v) is 11.3. The van der Waals surface area contributed by atoms with Gasteiger partial charge in [0.15, 0.2) is 5.82 Å². The number of likely N-dealkylation sites (N-methyl/N-ethyl adjacent to an activating group) is 1. The first-order valence-electron chi connectivity index (χ1n) is 14.1. The zero-order valence-electron chi connectivity index (χ0n) is 24.0. The minimum Gasteiger partial charge on any atom is -0.462 e. The number of alkyl halides is 3. The predicted octanol–water partition coefficient (Wildman–Crippen LogP) is 4.04. The molecule has 3 atom stereocenters. The molecular weight excluding hydrogens is 556 g/mol. The van der Waals surface area contributed by atoms with Crippen LogP contribution in [-0.4, -0.2) is 77.6 Å². The van der Waals surface area contributed by atoms with E-state index in [1.165, 1.54) is 13.0 Å². The fourth-order valence-corrected chi connectivity index (χ4v) is 6.22. The van der Waals surface area contributed by atoms with E-state index in [4.69, 9.17) is 20.2 Å². The van der Waals surface area contributed by atoms with Gasteiger partial charge in [-0.1, -0.05) is 6.58 Å². The van der Waals surface area contributed by atoms with Crippen LogP contribution < -0.4 is 15.4 Å². The van der Waals surface area contributed by atoms with Crippen LogP contribution >= 0.6 is 0 Å². The lowest BCUT2D eigenvalue weighted by Gasteiger charge is -2.41. The van der Waals surface area contributed by atoms with Crippen molar-refractivity contribution in [3.05, 3.63) is 52.5 Å². The summed E-state index contributed by atoms with van der Waals surface area (Å²) < 4.78 is 69.6. The van der Waals surface area contributed by atoms with Crippen molar-refractivity contribution in [2.75, 3.05) is 50.5 Å². The maximum Gasteiger partial charge on any atom is 0.417 e. The van der Waals surface area contributed by atoms with Crippen LogP contribution in [0.15, 0.2) is 18.7 Å². The van der Waals surface area contributed by atoms with E-state index in [1.54, 1.807) is 4.90 Å². The van der Waals surface area contributed by atoms with Crippen LogP contribution in [-0.2, 0) is 28.7 Å². The second kappa shape index (κ2) is 11.7. The maximum atomic E-state index is 15.3. The number of nitrogens with zero attached hydrogens (tertiary/aromatic N) is 5. The fraction of sp³-hybridized carbons (Fsp3) is 0.552. The van der Waals surface area contributed by atoms with Gasteiger partial charge >= 0.3 is 12.2 Å². The largest absolute Gasteiger partial charge is 0.462 e. The Morgan fingerprint density at radius 1 is 1.29 bits per heavy atom. The Morgan fingerprint density at radius 3 is 2.69 bits per heavy atom. The molecule has 0 spiro atoms. The van der Waals surface area contributed by atoms with Gasteiger partial charge in [-0.25, -0.2) is 4.39 Å². The van der Waals surface area contributed by atoms with Crippen molar-refractivity contribution in [1.29, 1.82) is 0 Å². The van der Waals surface area contributed by atoms with E-state index in [0.29, 0.717) is 43.3 Å². The topological polar surface area (TPSA) is 97.0 Å². The number of ether oxygens (including phenoxy) is 2. The monoisotopic (exact) mass is 592 g/mol. The van der Waals surface area contributed by atoms with Gasteiger partial charge in [0.25, 0.3) is 0 Å². The third kappa shape index (κ3) is 5.76. The Balaban J connectivity index is 1.51. The van der Waals surface area contributed by atoms with Gasteiger partial charge in [-0.3, -0.25) is 4.79 Å². The third-order valence-corrected chi connectivity index (χ3v) is 8.45. The molecule has 2 N–H and O–H groups in total. The summed E-state index contributed by atoms with van der Waals surface area (Å²) >= 11 is 0. The molecule has 228 valence electrons. The summed E-state index contributed by atoms with van der Waals surface area (Å²) in [7, 11) is 2.02. The molecule has 1 aromatic carbocycles. The van der Waals surface area contributed by atoms with E-state index in [1.807, 2.05) is 18.9 Å². The second-order valence-electron chi connectivity index (χ2n) is 11.3. The van der Waals surface area contributed by atoms with Crippen molar-refractivity contribution in [3.8, 4) is 6.01 Å². The number of piperazine rings is 1. The first kappa shape index (κ1) is 30.0. The number of anilines is 2. The molecule has 42 heavy (non-hydrogen) atoms. The van der Waals surface area contributed by atoms with Crippen molar-refractivity contribution in [3.63, 3.8) is 0 Å². The zero-order chi connectivity index (χ0) is 30.3. The Kier molecular flexibility index (Phi) is 8.35. The summed E-state index contributed by atoms with van der Waals surface area (Å²) in [6.07, 6.45) is -2.90. The maximum absolute atomic E-state index is 15.3. The highest BCUT2D eigenvalue weighted by atomic mass is 19.4. The van der Waals surface area contributed by atoms with Gasteiger partial charge in [-0.2, -0.15) is 23.1 Å². The van der Waals surface area contributed by atoms with Crippen LogP contribution in [0.5, 0.6) is 6.01 Å². The number of carbonyl (C=O) groups is 1. The Hall–Kier alpha value is -3.45. The van der Waals surface area contributed by atoms with Gasteiger partial charge in [0.1, 0.15) is 12.4 Å². The Morgan fingerprint density at radius 2 is 2.05 bits per heavy atom. The van der Waals surface area contributed by atoms with Gasteiger partial charge < -0.3 is 29.9 Å². The molecule has 3 aliphatic rings. The van der Waals surface area contributed by atoms with Gasteiger partial charge in [0, 0.05) is 49.3 Å². The molecule has 13 heteroatoms. The molecular formula is C29H36F4N6O3. The molecule has 9 nitrogen and oxygen atoms in total. The number of aryl methyl sites for hydroxylation is 1. The van der Waals surface area contributed by atoms with E-state index in [-0.39, 0.29) is 48.3 Å². The SMILES string of the molecule is C=CC(=O)N1CCN(c2nc(OC[C@@H]3CCCN3C)nc3c2CO[C@@H](c2c(F)c(N)cc(C)c2C(F)(F)F)C3)C[C@H]1C. The van der Waals surface area contributed by atoms with E-state index in [2.05, 4.69) is 16.5 Å². The highest BCUT2D eigenvalue weighted by molar-refractivity contribution is 5.87. The number of aromatic nitrogens is 2. The lowest BCUT2D eigenvalue weighted by molar-refractivity contribution is -0.140. The lowest BCUT2D eigenvalue weighted by Crippen LogP contribution is -2.54. The molecule has 1 aromatic heterocycles. The van der Waals surface area contributed by atoms with E-state index in [9.17, 15) is 18.0 Å². The van der Waals surface area contributed by atoms with Crippen LogP contribution in [0.4, 0.5) is 29.1 Å². The molecule has 0 unspecified atom stereocenters. The number of rotatable bonds is 6. The number of nitrogens with two attached hydrogens (primary N) is 1. The molecule has 2 fully saturated rings. The number of fused-ring (bicyclic) bond motifs is 1. The number of halogens is 4. The molecule has 0 saturated carbocycles. The van der Waals surface area contributed by atoms with Gasteiger partial charge in [-0.05, 0) is 58.0 Å². The van der Waals surface area contributed by atoms with Crippen LogP contribution in [0.25, 0.3) is 0 Å². The van der Waals surface area contributed by atoms with Crippen molar-refractivity contribution in [2.45, 2.75) is 64.1 Å². The fourth-order valence-electron chi connectivity index (χ4n) is 6.22. The molecule has 0 aliphatic carbocycles. The molecule has 2 saturated heterocycles. The number of likely N-dealkylation sites (tertiary alicyclic amines) is 1. The summed E-state index contributed by atoms with van der Waals surface area (Å²) in [5.41, 5.74) is 4.52. The summed E-state index contributed by atoms with van der Waals surface area (Å²) in [6, 6.07) is 1.13. The molecule has 5 rings (SSSR count). The summed E-state index contributed by atoms with van der Waals surface area (Å²) in [5.74, 6) is -0.776. The molecule has 2 aromatic rings. The van der Waals surface area contributed by atoms with Gasteiger partial charge in [0.05, 0.1) is 29.7 Å². The number of hydrogen-bond donors (Lipinski definition) is 1. The smallest absolute Gasteiger partial charge is 0.417 e. The highest BCUT2D eigenvalue weighted by Gasteiger charge is 2.42. The van der Waals surface area contributed by atoms with Crippen molar-refractivity contribution >= 4 is 17.4 Å². The molecule has 0 bridgehead atoms. The first-order valence-corrected chi connectivity index (χ1v) is 14.1. The van der Waals surface area contributed by atoms with Crippen molar-refractivity contribution < 1.29 is 31.8 Å². The number of hydrogen-bond acceptors (Lipinski definition) is 8. The number of carbonyl (C=O) groups excluding carboxylic acids is 1. The normalized spacial score (nSPS) is 23.2. The average Bonchev–Trinajstić information content (AvgIpc) is 3.36. The van der Waals surface area contributed by atoms with E-state index >= 15 is 4.39 Å². The average molecular weight is 593 g/mol. The molecule has 3 aliphatic heterocycles. The molecule has 1 amide bonds. The van der Waals surface area contributed by atoms with Crippen LogP contribution in [0.2, 0.25) is 0 Å². The minimum atomic E-state index is -4.81. The minimum absolute atomic E-state index is 0.0993. The van der Waals surface area contributed by atoms with E-state index < -0.39 is 29.2 Å². The summed E-state index contributed by atoms with van der Waals surface area (Å²) in [5, 5.41) is 0.